The van der Waals surface area contributed by atoms with Gasteiger partial charge in [0.25, 0.3) is 0 Å². The molecular weight excluding hydrogens is 274 g/mol. The number of hydrogen-bond acceptors (Lipinski definition) is 4. The molecule has 1 unspecified atom stereocenters. The van der Waals surface area contributed by atoms with Gasteiger partial charge < -0.3 is 16.3 Å². The predicted molar refractivity (Wildman–Crippen MR) is 79.9 cm³/mol. The molecule has 0 saturated heterocycles. The Morgan fingerprint density at radius 2 is 2.40 bits per heavy atom. The van der Waals surface area contributed by atoms with Crippen LogP contribution in [0.25, 0.3) is 0 Å². The lowest BCUT2D eigenvalue weighted by atomic mass is 9.61. The number of oxime groups is 1. The Bertz CT molecular complexity index is 493. The van der Waals surface area contributed by atoms with Crippen LogP contribution >= 0.6 is 11.3 Å². The molecule has 1 heterocycles. The molecule has 110 valence electrons. The predicted octanol–water partition coefficient (Wildman–Crippen LogP) is 1.96. The maximum absolute atomic E-state index is 12.5. The first-order valence-corrected chi connectivity index (χ1v) is 7.67. The average molecular weight is 295 g/mol. The third kappa shape index (κ3) is 2.80. The molecule has 20 heavy (non-hydrogen) atoms. The van der Waals surface area contributed by atoms with E-state index in [0.717, 1.165) is 6.42 Å². The van der Waals surface area contributed by atoms with Crippen LogP contribution in [0.2, 0.25) is 0 Å². The van der Waals surface area contributed by atoms with Gasteiger partial charge in [-0.25, -0.2) is 0 Å². The summed E-state index contributed by atoms with van der Waals surface area (Å²) in [5.41, 5.74) is 4.91. The van der Waals surface area contributed by atoms with Crippen molar-refractivity contribution in [2.75, 3.05) is 0 Å². The van der Waals surface area contributed by atoms with E-state index in [1.165, 1.54) is 4.88 Å². The summed E-state index contributed by atoms with van der Waals surface area (Å²) in [6, 6.07) is 4.08. The van der Waals surface area contributed by atoms with Crippen LogP contribution in [0.15, 0.2) is 22.7 Å². The van der Waals surface area contributed by atoms with Crippen molar-refractivity contribution in [3.05, 3.63) is 22.4 Å². The van der Waals surface area contributed by atoms with Gasteiger partial charge in [-0.2, -0.15) is 0 Å². The van der Waals surface area contributed by atoms with Gasteiger partial charge in [-0.3, -0.25) is 4.79 Å². The Hall–Kier alpha value is -1.56. The minimum absolute atomic E-state index is 0.0245. The van der Waals surface area contributed by atoms with E-state index in [1.807, 2.05) is 18.4 Å². The van der Waals surface area contributed by atoms with Crippen molar-refractivity contribution in [3.8, 4) is 0 Å². The number of nitrogens with one attached hydrogen (secondary N) is 1. The van der Waals surface area contributed by atoms with Gasteiger partial charge in [0.05, 0.1) is 0 Å². The molecule has 2 rings (SSSR count). The molecule has 1 aliphatic carbocycles. The lowest BCUT2D eigenvalue weighted by Gasteiger charge is -2.44. The zero-order valence-electron chi connectivity index (χ0n) is 11.8. The summed E-state index contributed by atoms with van der Waals surface area (Å²) in [5, 5.41) is 17.0. The van der Waals surface area contributed by atoms with Crippen molar-refractivity contribution < 1.29 is 10.0 Å². The molecular formula is C14H21N3O2S. The van der Waals surface area contributed by atoms with Crippen LogP contribution in [0.4, 0.5) is 0 Å². The van der Waals surface area contributed by atoms with Gasteiger partial charge in [0, 0.05) is 17.3 Å². The summed E-state index contributed by atoms with van der Waals surface area (Å²) in [6.07, 6.45) is 2.08. The SMILES string of the molecule is CC1CC(C(=O)NC(C)Cc2cccs2)(/C(N)=N/O)C1. The summed E-state index contributed by atoms with van der Waals surface area (Å²) in [7, 11) is 0. The second-order valence-electron chi connectivity index (χ2n) is 5.74. The first kappa shape index (κ1) is 14.8. The van der Waals surface area contributed by atoms with E-state index in [4.69, 9.17) is 10.9 Å². The highest BCUT2D eigenvalue weighted by Crippen LogP contribution is 2.45. The van der Waals surface area contributed by atoms with E-state index in [9.17, 15) is 4.79 Å². The molecule has 0 spiro atoms. The van der Waals surface area contributed by atoms with Crippen molar-refractivity contribution in [1.29, 1.82) is 0 Å². The third-order valence-electron chi connectivity index (χ3n) is 3.89. The number of nitrogens with two attached hydrogens (primary N) is 1. The van der Waals surface area contributed by atoms with Crippen molar-refractivity contribution in [1.82, 2.24) is 5.32 Å². The van der Waals surface area contributed by atoms with Crippen LogP contribution in [-0.2, 0) is 11.2 Å². The first-order valence-electron chi connectivity index (χ1n) is 6.79. The van der Waals surface area contributed by atoms with Gasteiger partial charge in [0.2, 0.25) is 5.91 Å². The molecule has 1 aromatic rings. The van der Waals surface area contributed by atoms with E-state index in [0.29, 0.717) is 18.8 Å². The second kappa shape index (κ2) is 5.83. The number of amides is 1. The number of carbonyl (C=O) groups excluding carboxylic acids is 1. The zero-order valence-corrected chi connectivity index (χ0v) is 12.6. The highest BCUT2D eigenvalue weighted by atomic mass is 32.1. The topological polar surface area (TPSA) is 87.7 Å². The number of thiophene rings is 1. The minimum atomic E-state index is -0.822. The van der Waals surface area contributed by atoms with E-state index in [-0.39, 0.29) is 17.8 Å². The van der Waals surface area contributed by atoms with Gasteiger partial charge in [0.15, 0.2) is 5.84 Å². The van der Waals surface area contributed by atoms with Crippen molar-refractivity contribution in [2.45, 2.75) is 39.2 Å². The number of amidine groups is 1. The largest absolute Gasteiger partial charge is 0.409 e. The van der Waals surface area contributed by atoms with Gasteiger partial charge in [-0.05, 0) is 37.1 Å². The quantitative estimate of drug-likeness (QED) is 0.336. The van der Waals surface area contributed by atoms with Gasteiger partial charge >= 0.3 is 0 Å². The minimum Gasteiger partial charge on any atom is -0.409 e. The summed E-state index contributed by atoms with van der Waals surface area (Å²) in [5.74, 6) is 0.319. The maximum atomic E-state index is 12.5. The Labute approximate surface area is 122 Å². The summed E-state index contributed by atoms with van der Waals surface area (Å²) < 4.78 is 0. The summed E-state index contributed by atoms with van der Waals surface area (Å²) in [6.45, 7) is 4.03. The molecule has 6 heteroatoms. The van der Waals surface area contributed by atoms with E-state index >= 15 is 0 Å². The fourth-order valence-electron chi connectivity index (χ4n) is 2.88. The van der Waals surface area contributed by atoms with Crippen molar-refractivity contribution >= 4 is 23.1 Å². The molecule has 0 aromatic carbocycles. The van der Waals surface area contributed by atoms with E-state index in [2.05, 4.69) is 23.5 Å². The normalized spacial score (nSPS) is 27.7. The molecule has 5 nitrogen and oxygen atoms in total. The Morgan fingerprint density at radius 1 is 1.70 bits per heavy atom. The molecule has 1 atom stereocenters. The van der Waals surface area contributed by atoms with Crippen LogP contribution in [0.3, 0.4) is 0 Å². The Kier molecular flexibility index (Phi) is 4.32. The fourth-order valence-corrected chi connectivity index (χ4v) is 3.72. The highest BCUT2D eigenvalue weighted by molar-refractivity contribution is 7.09. The Morgan fingerprint density at radius 3 is 2.90 bits per heavy atom. The molecule has 0 radical (unpaired) electrons. The molecule has 1 aromatic heterocycles. The third-order valence-corrected chi connectivity index (χ3v) is 4.79. The van der Waals surface area contributed by atoms with Crippen LogP contribution in [0.1, 0.15) is 31.6 Å². The smallest absolute Gasteiger partial charge is 0.234 e. The lowest BCUT2D eigenvalue weighted by Crippen LogP contribution is -2.58. The van der Waals surface area contributed by atoms with Gasteiger partial charge in [-0.15, -0.1) is 11.3 Å². The number of nitrogens with zero attached hydrogens (tertiary/aromatic N) is 1. The number of carbonyl (C=O) groups is 1. The van der Waals surface area contributed by atoms with Gasteiger partial charge in [0.1, 0.15) is 5.41 Å². The van der Waals surface area contributed by atoms with E-state index < -0.39 is 5.41 Å². The van der Waals surface area contributed by atoms with E-state index in [1.54, 1.807) is 11.3 Å². The highest BCUT2D eigenvalue weighted by Gasteiger charge is 2.52. The molecule has 0 aliphatic heterocycles. The van der Waals surface area contributed by atoms with Crippen molar-refractivity contribution in [2.24, 2.45) is 22.2 Å². The van der Waals surface area contributed by atoms with Gasteiger partial charge in [-0.1, -0.05) is 18.1 Å². The number of hydrogen-bond donors (Lipinski definition) is 3. The Balaban J connectivity index is 1.99. The molecule has 1 aliphatic rings. The van der Waals surface area contributed by atoms with Crippen LogP contribution in [-0.4, -0.2) is 23.0 Å². The summed E-state index contributed by atoms with van der Waals surface area (Å²) in [4.78, 5) is 13.7. The average Bonchev–Trinajstić information content (AvgIpc) is 2.86. The molecule has 1 saturated carbocycles. The summed E-state index contributed by atoms with van der Waals surface area (Å²) >= 11 is 1.68. The van der Waals surface area contributed by atoms with Crippen LogP contribution in [0.5, 0.6) is 0 Å². The molecule has 0 bridgehead atoms. The first-order chi connectivity index (χ1) is 9.48. The molecule has 1 amide bonds. The lowest BCUT2D eigenvalue weighted by molar-refractivity contribution is -0.133. The molecule has 1 fully saturated rings. The zero-order chi connectivity index (χ0) is 14.8. The molecule has 4 N–H and O–H groups in total. The number of rotatable bonds is 5. The fraction of sp³-hybridized carbons (Fsp3) is 0.571. The standard InChI is InChI=1S/C14H21N3O2S/c1-9-7-14(8-9,12(15)17-19)13(18)16-10(2)6-11-4-3-5-20-11/h3-5,9-10,19H,6-8H2,1-2H3,(H2,15,17)(H,16,18). The second-order valence-corrected chi connectivity index (χ2v) is 6.77. The van der Waals surface area contributed by atoms with Crippen molar-refractivity contribution in [3.63, 3.8) is 0 Å². The van der Waals surface area contributed by atoms with Crippen LogP contribution in [0, 0.1) is 11.3 Å². The van der Waals surface area contributed by atoms with Crippen LogP contribution < -0.4 is 11.1 Å². The maximum Gasteiger partial charge on any atom is 0.234 e. The monoisotopic (exact) mass is 295 g/mol.